The third kappa shape index (κ3) is 3.43. The summed E-state index contributed by atoms with van der Waals surface area (Å²) in [6.07, 6.45) is -7.04. The van der Waals surface area contributed by atoms with Crippen LogP contribution in [0.3, 0.4) is 0 Å². The minimum atomic E-state index is -1.56. The first-order chi connectivity index (χ1) is 10.9. The predicted octanol–water partition coefficient (Wildman–Crippen LogP) is -1.41. The van der Waals surface area contributed by atoms with Crippen molar-refractivity contribution in [2.24, 2.45) is 0 Å². The fourth-order valence-electron chi connectivity index (χ4n) is 2.29. The van der Waals surface area contributed by atoms with Gasteiger partial charge in [-0.15, -0.1) is 0 Å². The van der Waals surface area contributed by atoms with E-state index in [1.807, 2.05) is 0 Å². The Morgan fingerprint density at radius 2 is 1.74 bits per heavy atom. The van der Waals surface area contributed by atoms with Crippen molar-refractivity contribution >= 4 is 0 Å². The fourth-order valence-corrected chi connectivity index (χ4v) is 2.29. The summed E-state index contributed by atoms with van der Waals surface area (Å²) in [5.41, 5.74) is 0. The summed E-state index contributed by atoms with van der Waals surface area (Å²) in [5.74, 6) is 0.108. The molecule has 0 saturated carbocycles. The average Bonchev–Trinajstić information content (AvgIpc) is 2.54. The summed E-state index contributed by atoms with van der Waals surface area (Å²) >= 11 is 0. The maximum atomic E-state index is 9.92. The third-order valence-corrected chi connectivity index (χ3v) is 3.53. The number of benzene rings is 1. The Labute approximate surface area is 132 Å². The summed E-state index contributed by atoms with van der Waals surface area (Å²) < 4.78 is 20.6. The van der Waals surface area contributed by atoms with E-state index < -0.39 is 37.3 Å². The van der Waals surface area contributed by atoms with Crippen molar-refractivity contribution in [2.45, 2.75) is 30.7 Å². The Bertz CT molecular complexity index is 533. The number of methoxy groups -OCH3 is 2. The third-order valence-electron chi connectivity index (χ3n) is 3.53. The highest BCUT2D eigenvalue weighted by molar-refractivity contribution is 5.55. The lowest BCUT2D eigenvalue weighted by molar-refractivity contribution is -0.277. The normalized spacial score (nSPS) is 30.8. The van der Waals surface area contributed by atoms with Gasteiger partial charge in [0.1, 0.15) is 30.2 Å². The predicted molar refractivity (Wildman–Crippen MR) is 75.6 cm³/mol. The van der Waals surface area contributed by atoms with Crippen LogP contribution >= 0.6 is 0 Å². The van der Waals surface area contributed by atoms with Crippen molar-refractivity contribution in [3.05, 3.63) is 12.1 Å². The Hall–Kier alpha value is -1.78. The van der Waals surface area contributed by atoms with Crippen molar-refractivity contribution < 1.29 is 44.5 Å². The topological polar surface area (TPSA) is 138 Å². The van der Waals surface area contributed by atoms with E-state index in [0.717, 1.165) is 0 Å². The van der Waals surface area contributed by atoms with E-state index in [4.69, 9.17) is 24.1 Å². The van der Waals surface area contributed by atoms with Gasteiger partial charge in [-0.2, -0.15) is 0 Å². The smallest absolute Gasteiger partial charge is 0.229 e. The molecule has 1 saturated heterocycles. The molecule has 5 unspecified atom stereocenters. The zero-order valence-electron chi connectivity index (χ0n) is 12.6. The SMILES string of the molecule is COc1cc(OC2OC(CO)C(O)C(O)C2O)cc(O)c1OC. The average molecular weight is 332 g/mol. The lowest BCUT2D eigenvalue weighted by atomic mass is 9.99. The molecular weight excluding hydrogens is 312 g/mol. The number of aliphatic hydroxyl groups is 4. The Morgan fingerprint density at radius 3 is 2.30 bits per heavy atom. The van der Waals surface area contributed by atoms with Crippen LogP contribution in [0.4, 0.5) is 0 Å². The molecule has 1 aliphatic heterocycles. The molecule has 0 radical (unpaired) electrons. The molecule has 0 aliphatic carbocycles. The summed E-state index contributed by atoms with van der Waals surface area (Å²) in [5, 5.41) is 48.4. The van der Waals surface area contributed by atoms with Gasteiger partial charge in [-0.1, -0.05) is 0 Å². The molecule has 1 aromatic rings. The number of ether oxygens (including phenoxy) is 4. The molecule has 1 fully saturated rings. The molecule has 5 atom stereocenters. The summed E-state index contributed by atoms with van der Waals surface area (Å²) in [4.78, 5) is 0. The molecule has 1 heterocycles. The van der Waals surface area contributed by atoms with Crippen LogP contribution in [0.15, 0.2) is 12.1 Å². The lowest BCUT2D eigenvalue weighted by Gasteiger charge is -2.39. The first kappa shape index (κ1) is 17.6. The van der Waals surface area contributed by atoms with Crippen molar-refractivity contribution in [1.82, 2.24) is 0 Å². The Balaban J connectivity index is 2.22. The highest BCUT2D eigenvalue weighted by Crippen LogP contribution is 2.40. The largest absolute Gasteiger partial charge is 0.504 e. The van der Waals surface area contributed by atoms with Gasteiger partial charge in [0.2, 0.25) is 12.0 Å². The van der Waals surface area contributed by atoms with E-state index in [2.05, 4.69) is 0 Å². The van der Waals surface area contributed by atoms with Crippen molar-refractivity contribution in [3.63, 3.8) is 0 Å². The molecule has 5 N–H and O–H groups in total. The molecule has 9 heteroatoms. The van der Waals surface area contributed by atoms with Gasteiger partial charge < -0.3 is 44.5 Å². The van der Waals surface area contributed by atoms with Gasteiger partial charge in [-0.05, 0) is 0 Å². The molecule has 2 rings (SSSR count). The van der Waals surface area contributed by atoms with Gasteiger partial charge in [0, 0.05) is 12.1 Å². The number of hydrogen-bond donors (Lipinski definition) is 5. The van der Waals surface area contributed by atoms with Crippen LogP contribution in [0, 0.1) is 0 Å². The van der Waals surface area contributed by atoms with Gasteiger partial charge in [0.25, 0.3) is 0 Å². The molecule has 1 aliphatic rings. The number of rotatable bonds is 5. The second-order valence-corrected chi connectivity index (χ2v) is 4.99. The molecule has 0 spiro atoms. The van der Waals surface area contributed by atoms with Crippen LogP contribution in [-0.4, -0.2) is 77.1 Å². The first-order valence-corrected chi connectivity index (χ1v) is 6.85. The van der Waals surface area contributed by atoms with Crippen LogP contribution in [0.5, 0.6) is 23.0 Å². The van der Waals surface area contributed by atoms with Crippen molar-refractivity contribution in [3.8, 4) is 23.0 Å². The minimum absolute atomic E-state index is 0.0736. The molecule has 9 nitrogen and oxygen atoms in total. The van der Waals surface area contributed by atoms with Crippen LogP contribution in [0.2, 0.25) is 0 Å². The van der Waals surface area contributed by atoms with E-state index >= 15 is 0 Å². The van der Waals surface area contributed by atoms with E-state index in [1.165, 1.54) is 26.4 Å². The van der Waals surface area contributed by atoms with E-state index in [0.29, 0.717) is 0 Å². The second-order valence-electron chi connectivity index (χ2n) is 4.99. The molecular formula is C14H20O9. The number of aromatic hydroxyl groups is 1. The lowest BCUT2D eigenvalue weighted by Crippen LogP contribution is -2.60. The van der Waals surface area contributed by atoms with Crippen LogP contribution in [0.1, 0.15) is 0 Å². The van der Waals surface area contributed by atoms with Crippen molar-refractivity contribution in [2.75, 3.05) is 20.8 Å². The van der Waals surface area contributed by atoms with Crippen molar-refractivity contribution in [1.29, 1.82) is 0 Å². The van der Waals surface area contributed by atoms with Crippen LogP contribution < -0.4 is 14.2 Å². The quantitative estimate of drug-likeness (QED) is 0.440. The zero-order chi connectivity index (χ0) is 17.1. The number of phenolic OH excluding ortho intramolecular Hbond substituents is 1. The monoisotopic (exact) mass is 332 g/mol. The van der Waals surface area contributed by atoms with Gasteiger partial charge >= 0.3 is 0 Å². The van der Waals surface area contributed by atoms with Gasteiger partial charge in [-0.3, -0.25) is 0 Å². The molecule has 1 aromatic carbocycles. The molecule has 23 heavy (non-hydrogen) atoms. The number of aliphatic hydroxyl groups excluding tert-OH is 4. The highest BCUT2D eigenvalue weighted by atomic mass is 16.7. The highest BCUT2D eigenvalue weighted by Gasteiger charge is 2.44. The van der Waals surface area contributed by atoms with Gasteiger partial charge in [-0.25, -0.2) is 0 Å². The second kappa shape index (κ2) is 7.20. The Kier molecular flexibility index (Phi) is 5.50. The number of phenols is 1. The van der Waals surface area contributed by atoms with Crippen LogP contribution in [0.25, 0.3) is 0 Å². The molecule has 0 amide bonds. The van der Waals surface area contributed by atoms with E-state index in [9.17, 15) is 20.4 Å². The summed E-state index contributed by atoms with van der Waals surface area (Å²) in [7, 11) is 2.73. The molecule has 0 aromatic heterocycles. The summed E-state index contributed by atoms with van der Waals surface area (Å²) in [6, 6.07) is 2.60. The standard InChI is InChI=1S/C14H20O9/c1-20-8-4-6(3-7(16)13(8)21-2)22-14-12(19)11(18)10(17)9(5-15)23-14/h3-4,9-12,14-19H,5H2,1-2H3. The van der Waals surface area contributed by atoms with E-state index in [-0.39, 0.29) is 23.0 Å². The summed E-state index contributed by atoms with van der Waals surface area (Å²) in [6.45, 7) is -0.567. The first-order valence-electron chi connectivity index (χ1n) is 6.85. The van der Waals surface area contributed by atoms with E-state index in [1.54, 1.807) is 0 Å². The maximum absolute atomic E-state index is 9.92. The van der Waals surface area contributed by atoms with Gasteiger partial charge in [0.15, 0.2) is 11.5 Å². The molecule has 0 bridgehead atoms. The Morgan fingerprint density at radius 1 is 1.04 bits per heavy atom. The van der Waals surface area contributed by atoms with Crippen LogP contribution in [-0.2, 0) is 4.74 Å². The number of hydrogen-bond acceptors (Lipinski definition) is 9. The fraction of sp³-hybridized carbons (Fsp3) is 0.571. The maximum Gasteiger partial charge on any atom is 0.229 e. The zero-order valence-corrected chi connectivity index (χ0v) is 12.6. The minimum Gasteiger partial charge on any atom is -0.504 e. The van der Waals surface area contributed by atoms with Gasteiger partial charge in [0.05, 0.1) is 20.8 Å². The molecule has 130 valence electrons.